The first-order chi connectivity index (χ1) is 8.31. The molecule has 3 rings (SSSR count). The van der Waals surface area contributed by atoms with Gasteiger partial charge in [0.15, 0.2) is 0 Å². The Morgan fingerprint density at radius 3 is 3.12 bits per heavy atom. The van der Waals surface area contributed by atoms with Gasteiger partial charge in [0, 0.05) is 5.75 Å². The van der Waals surface area contributed by atoms with Crippen molar-refractivity contribution in [1.29, 1.82) is 0 Å². The fourth-order valence-electron chi connectivity index (χ4n) is 2.13. The molecule has 88 valence electrons. The van der Waals surface area contributed by atoms with Crippen LogP contribution in [0, 0.1) is 0 Å². The van der Waals surface area contributed by atoms with Crippen LogP contribution in [0.1, 0.15) is 10.4 Å². The maximum atomic E-state index is 12.4. The largest absolute Gasteiger partial charge is 0.319 e. The second-order valence-corrected chi connectivity index (χ2v) is 5.79. The number of aliphatic imine (C=N–C) groups is 1. The summed E-state index contributed by atoms with van der Waals surface area (Å²) in [5.41, 5.74) is 1.53. The second kappa shape index (κ2) is 4.38. The highest BCUT2D eigenvalue weighted by Crippen LogP contribution is 2.33. The van der Waals surface area contributed by atoms with Crippen molar-refractivity contribution in [2.75, 3.05) is 17.9 Å². The Morgan fingerprint density at radius 1 is 1.47 bits per heavy atom. The number of carbonyl (C=O) groups is 1. The molecule has 1 fully saturated rings. The minimum Gasteiger partial charge on any atom is -0.319 e. The molecule has 5 heteroatoms. The lowest BCUT2D eigenvalue weighted by Crippen LogP contribution is -2.39. The van der Waals surface area contributed by atoms with Crippen LogP contribution >= 0.6 is 23.5 Å². The van der Waals surface area contributed by atoms with Crippen molar-refractivity contribution < 1.29 is 4.79 Å². The minimum absolute atomic E-state index is 0.114. The zero-order valence-corrected chi connectivity index (χ0v) is 11.1. The summed E-state index contributed by atoms with van der Waals surface area (Å²) >= 11 is 3.44. The lowest BCUT2D eigenvalue weighted by molar-refractivity contribution is 0.0784. The molecule has 2 aliphatic rings. The van der Waals surface area contributed by atoms with Gasteiger partial charge in [-0.2, -0.15) is 0 Å². The topological polar surface area (TPSA) is 32.7 Å². The molecule has 1 aromatic carbocycles. The van der Waals surface area contributed by atoms with Gasteiger partial charge in [0.2, 0.25) is 0 Å². The van der Waals surface area contributed by atoms with Gasteiger partial charge in [-0.1, -0.05) is 12.1 Å². The summed E-state index contributed by atoms with van der Waals surface area (Å²) in [6.45, 7) is 0. The average molecular weight is 264 g/mol. The van der Waals surface area contributed by atoms with E-state index in [2.05, 4.69) is 4.99 Å². The lowest BCUT2D eigenvalue weighted by Gasteiger charge is -2.21. The summed E-state index contributed by atoms with van der Waals surface area (Å²) in [4.78, 5) is 19.0. The third-order valence-electron chi connectivity index (χ3n) is 3.00. The molecule has 1 unspecified atom stereocenters. The number of hydrogen-bond donors (Lipinski definition) is 0. The Bertz CT molecular complexity index is 501. The predicted molar refractivity (Wildman–Crippen MR) is 74.3 cm³/mol. The van der Waals surface area contributed by atoms with Crippen molar-refractivity contribution in [3.05, 3.63) is 29.8 Å². The molecule has 0 bridgehead atoms. The van der Waals surface area contributed by atoms with E-state index in [0.29, 0.717) is 0 Å². The van der Waals surface area contributed by atoms with Gasteiger partial charge in [-0.05, 0) is 18.4 Å². The highest BCUT2D eigenvalue weighted by Gasteiger charge is 2.36. The molecular formula is C12H12N2OS2. The molecule has 0 saturated carbocycles. The first kappa shape index (κ1) is 11.2. The fourth-order valence-corrected chi connectivity index (χ4v) is 4.07. The molecule has 0 spiro atoms. The molecular weight excluding hydrogens is 252 g/mol. The number of fused-ring (bicyclic) bond motifs is 2. The summed E-state index contributed by atoms with van der Waals surface area (Å²) in [5, 5.41) is 1.05. The van der Waals surface area contributed by atoms with E-state index in [4.69, 9.17) is 0 Å². The van der Waals surface area contributed by atoms with E-state index in [1.165, 1.54) is 0 Å². The fraction of sp³-hybridized carbons (Fsp3) is 0.333. The van der Waals surface area contributed by atoms with Gasteiger partial charge in [-0.25, -0.2) is 4.99 Å². The molecule has 17 heavy (non-hydrogen) atoms. The lowest BCUT2D eigenvalue weighted by atomic mass is 10.1. The number of hydrogen-bond acceptors (Lipinski definition) is 4. The van der Waals surface area contributed by atoms with Crippen molar-refractivity contribution in [3.8, 4) is 0 Å². The van der Waals surface area contributed by atoms with Crippen LogP contribution in [0.4, 0.5) is 5.69 Å². The molecule has 1 atom stereocenters. The molecule has 0 aromatic heterocycles. The predicted octanol–water partition coefficient (Wildman–Crippen LogP) is 2.61. The summed E-state index contributed by atoms with van der Waals surface area (Å²) in [6, 6.07) is 7.77. The number of thioether (sulfide) groups is 2. The van der Waals surface area contributed by atoms with Gasteiger partial charge in [0.1, 0.15) is 0 Å². The summed E-state index contributed by atoms with van der Waals surface area (Å²) in [6.07, 6.45) is 2.03. The Hall–Kier alpha value is -0.940. The minimum atomic E-state index is 0.114. The van der Waals surface area contributed by atoms with Crippen LogP contribution in [0.2, 0.25) is 0 Å². The van der Waals surface area contributed by atoms with E-state index < -0.39 is 0 Å². The zero-order chi connectivity index (χ0) is 11.8. The average Bonchev–Trinajstić information content (AvgIpc) is 2.81. The van der Waals surface area contributed by atoms with E-state index in [1.807, 2.05) is 35.4 Å². The molecule has 2 heterocycles. The normalized spacial score (nSPS) is 22.9. The Labute approximate surface area is 109 Å². The SMILES string of the molecule is CSC1=Nc2ccccc2C(=O)N2CSCC12. The van der Waals surface area contributed by atoms with Crippen LogP contribution in [0.25, 0.3) is 0 Å². The third kappa shape index (κ3) is 1.77. The quantitative estimate of drug-likeness (QED) is 0.722. The molecule has 0 aliphatic carbocycles. The summed E-state index contributed by atoms with van der Waals surface area (Å²) < 4.78 is 0. The van der Waals surface area contributed by atoms with Crippen LogP contribution in [-0.2, 0) is 0 Å². The monoisotopic (exact) mass is 264 g/mol. The van der Waals surface area contributed by atoms with Gasteiger partial charge in [-0.15, -0.1) is 23.5 Å². The van der Waals surface area contributed by atoms with E-state index in [-0.39, 0.29) is 11.9 Å². The standard InChI is InChI=1S/C12H12N2OS2/c1-16-11-10-6-17-7-14(10)12(15)8-4-2-3-5-9(8)13-11/h2-5,10H,6-7H2,1H3. The van der Waals surface area contributed by atoms with Gasteiger partial charge in [0.05, 0.1) is 28.2 Å². The first-order valence-corrected chi connectivity index (χ1v) is 7.79. The van der Waals surface area contributed by atoms with Crippen LogP contribution < -0.4 is 0 Å². The molecule has 1 amide bonds. The maximum Gasteiger partial charge on any atom is 0.257 e. The van der Waals surface area contributed by atoms with E-state index in [9.17, 15) is 4.79 Å². The summed E-state index contributed by atoms with van der Waals surface area (Å²) in [7, 11) is 0. The van der Waals surface area contributed by atoms with Crippen molar-refractivity contribution in [2.24, 2.45) is 4.99 Å². The number of benzene rings is 1. The number of carbonyl (C=O) groups excluding carboxylic acids is 1. The molecule has 0 N–H and O–H groups in total. The highest BCUT2D eigenvalue weighted by molar-refractivity contribution is 8.13. The number of nitrogens with zero attached hydrogens (tertiary/aromatic N) is 2. The Balaban J connectivity index is 2.15. The molecule has 1 saturated heterocycles. The van der Waals surface area contributed by atoms with Crippen LogP contribution in [0.5, 0.6) is 0 Å². The van der Waals surface area contributed by atoms with E-state index >= 15 is 0 Å². The Morgan fingerprint density at radius 2 is 2.29 bits per heavy atom. The maximum absolute atomic E-state index is 12.4. The highest BCUT2D eigenvalue weighted by atomic mass is 32.2. The smallest absolute Gasteiger partial charge is 0.257 e. The second-order valence-electron chi connectivity index (χ2n) is 3.96. The molecule has 0 radical (unpaired) electrons. The van der Waals surface area contributed by atoms with Crippen molar-refractivity contribution in [2.45, 2.75) is 6.04 Å². The van der Waals surface area contributed by atoms with Crippen molar-refractivity contribution >= 4 is 40.2 Å². The number of para-hydroxylation sites is 1. The van der Waals surface area contributed by atoms with Crippen molar-refractivity contribution in [1.82, 2.24) is 4.90 Å². The van der Waals surface area contributed by atoms with Crippen LogP contribution in [-0.4, -0.2) is 39.8 Å². The number of rotatable bonds is 0. The van der Waals surface area contributed by atoms with Crippen molar-refractivity contribution in [3.63, 3.8) is 0 Å². The summed E-state index contributed by atoms with van der Waals surface area (Å²) in [5.74, 6) is 1.85. The molecule has 2 aliphatic heterocycles. The molecule has 3 nitrogen and oxygen atoms in total. The van der Waals surface area contributed by atoms with Gasteiger partial charge in [-0.3, -0.25) is 4.79 Å². The van der Waals surface area contributed by atoms with Crippen LogP contribution in [0.15, 0.2) is 29.3 Å². The zero-order valence-electron chi connectivity index (χ0n) is 9.42. The molecule has 1 aromatic rings. The third-order valence-corrected chi connectivity index (χ3v) is 4.80. The van der Waals surface area contributed by atoms with E-state index in [1.54, 1.807) is 23.5 Å². The van der Waals surface area contributed by atoms with E-state index in [0.717, 1.165) is 27.9 Å². The first-order valence-electron chi connectivity index (χ1n) is 5.41. The Kier molecular flexibility index (Phi) is 2.88. The van der Waals surface area contributed by atoms with Crippen LogP contribution in [0.3, 0.4) is 0 Å². The van der Waals surface area contributed by atoms with Gasteiger partial charge in [0.25, 0.3) is 5.91 Å². The van der Waals surface area contributed by atoms with Gasteiger partial charge >= 0.3 is 0 Å². The van der Waals surface area contributed by atoms with Gasteiger partial charge < -0.3 is 4.90 Å². The number of amides is 1.